The van der Waals surface area contributed by atoms with E-state index in [1.54, 1.807) is 31.3 Å². The maximum atomic E-state index is 12.6. The van der Waals surface area contributed by atoms with Gasteiger partial charge in [-0.15, -0.1) is 0 Å². The highest BCUT2D eigenvalue weighted by Gasteiger charge is 2.42. The monoisotopic (exact) mass is 269 g/mol. The molecule has 102 valence electrons. The van der Waals surface area contributed by atoms with E-state index in [2.05, 4.69) is 6.07 Å². The Balaban J connectivity index is 2.27. The van der Waals surface area contributed by atoms with Gasteiger partial charge in [0.2, 0.25) is 5.91 Å². The Labute approximate surface area is 118 Å². The molecule has 20 heavy (non-hydrogen) atoms. The number of anilines is 1. The molecule has 0 unspecified atom stereocenters. The van der Waals surface area contributed by atoms with Gasteiger partial charge in [-0.2, -0.15) is 10.5 Å². The fourth-order valence-electron chi connectivity index (χ4n) is 2.32. The molecule has 0 spiro atoms. The molecule has 1 aliphatic heterocycles. The smallest absolute Gasteiger partial charge is 0.247 e. The Hall–Kier alpha value is -2.37. The van der Waals surface area contributed by atoms with Crippen LogP contribution in [-0.4, -0.2) is 26.2 Å². The van der Waals surface area contributed by atoms with E-state index in [1.807, 2.05) is 6.07 Å². The quantitative estimate of drug-likeness (QED) is 0.820. The summed E-state index contributed by atoms with van der Waals surface area (Å²) in [6.07, 6.45) is 0.815. The first-order valence-corrected chi connectivity index (χ1v) is 6.40. The number of carbonyl (C=O) groups excluding carboxylic acids is 1. The lowest BCUT2D eigenvalue weighted by atomic mass is 9.80. The lowest BCUT2D eigenvalue weighted by molar-refractivity contribution is -0.129. The summed E-state index contributed by atoms with van der Waals surface area (Å²) in [7, 11) is 1.63. The van der Waals surface area contributed by atoms with E-state index in [0.29, 0.717) is 37.3 Å². The molecule has 1 fully saturated rings. The number of nitrogens with zero attached hydrogens (tertiary/aromatic N) is 3. The van der Waals surface area contributed by atoms with E-state index in [4.69, 9.17) is 10.00 Å². The highest BCUT2D eigenvalue weighted by molar-refractivity contribution is 5.99. The van der Waals surface area contributed by atoms with E-state index < -0.39 is 5.41 Å². The van der Waals surface area contributed by atoms with Gasteiger partial charge in [-0.3, -0.25) is 4.79 Å². The fourth-order valence-corrected chi connectivity index (χ4v) is 2.32. The summed E-state index contributed by atoms with van der Waals surface area (Å²) >= 11 is 0. The molecule has 0 saturated carbocycles. The standard InChI is InChI=1S/C15H15N3O2/c1-18(13-4-2-3-12(9-13)10-16)14(19)15(11-17)5-7-20-8-6-15/h2-4,9H,5-8H2,1H3. The summed E-state index contributed by atoms with van der Waals surface area (Å²) in [5.74, 6) is -0.238. The predicted molar refractivity (Wildman–Crippen MR) is 72.7 cm³/mol. The minimum Gasteiger partial charge on any atom is -0.381 e. The molecule has 0 aliphatic carbocycles. The third-order valence-electron chi connectivity index (χ3n) is 3.64. The molecule has 0 N–H and O–H groups in total. The summed E-state index contributed by atoms with van der Waals surface area (Å²) in [4.78, 5) is 14.1. The van der Waals surface area contributed by atoms with Gasteiger partial charge in [-0.25, -0.2) is 0 Å². The number of rotatable bonds is 2. The fraction of sp³-hybridized carbons (Fsp3) is 0.400. The molecule has 0 radical (unpaired) electrons. The molecule has 5 heteroatoms. The molecule has 5 nitrogen and oxygen atoms in total. The van der Waals surface area contributed by atoms with Crippen LogP contribution < -0.4 is 4.90 Å². The molecule has 2 rings (SSSR count). The summed E-state index contributed by atoms with van der Waals surface area (Å²) in [5.41, 5.74) is 0.0886. The van der Waals surface area contributed by atoms with Crippen LogP contribution in [0.2, 0.25) is 0 Å². The van der Waals surface area contributed by atoms with Crippen molar-refractivity contribution in [3.8, 4) is 12.1 Å². The van der Waals surface area contributed by atoms with Gasteiger partial charge in [0, 0.05) is 25.9 Å². The number of carbonyl (C=O) groups is 1. The van der Waals surface area contributed by atoms with Crippen molar-refractivity contribution in [3.63, 3.8) is 0 Å². The number of ether oxygens (including phenoxy) is 1. The molecule has 1 amide bonds. The van der Waals surface area contributed by atoms with Gasteiger partial charge >= 0.3 is 0 Å². The Kier molecular flexibility index (Phi) is 4.02. The van der Waals surface area contributed by atoms with Crippen molar-refractivity contribution < 1.29 is 9.53 Å². The molecule has 0 bridgehead atoms. The molecule has 0 atom stereocenters. The number of hydrogen-bond acceptors (Lipinski definition) is 4. The zero-order valence-electron chi connectivity index (χ0n) is 11.3. The minimum absolute atomic E-state index is 0.238. The second-order valence-electron chi connectivity index (χ2n) is 4.83. The SMILES string of the molecule is CN(C(=O)C1(C#N)CCOCC1)c1cccc(C#N)c1. The van der Waals surface area contributed by atoms with E-state index >= 15 is 0 Å². The molecule has 1 aromatic carbocycles. The largest absolute Gasteiger partial charge is 0.381 e. The normalized spacial score (nSPS) is 16.8. The van der Waals surface area contributed by atoms with Crippen molar-refractivity contribution in [3.05, 3.63) is 29.8 Å². The van der Waals surface area contributed by atoms with Crippen LogP contribution in [0.15, 0.2) is 24.3 Å². The van der Waals surface area contributed by atoms with Crippen LogP contribution in [0.4, 0.5) is 5.69 Å². The van der Waals surface area contributed by atoms with E-state index in [9.17, 15) is 10.1 Å². The molecular formula is C15H15N3O2. The van der Waals surface area contributed by atoms with Crippen LogP contribution in [0.1, 0.15) is 18.4 Å². The van der Waals surface area contributed by atoms with E-state index in [0.717, 1.165) is 0 Å². The van der Waals surface area contributed by atoms with Crippen LogP contribution in [0.5, 0.6) is 0 Å². The number of nitriles is 2. The van der Waals surface area contributed by atoms with E-state index in [-0.39, 0.29) is 5.91 Å². The van der Waals surface area contributed by atoms with Gasteiger partial charge in [0.25, 0.3) is 0 Å². The lowest BCUT2D eigenvalue weighted by Crippen LogP contribution is -2.44. The topological polar surface area (TPSA) is 77.1 Å². The highest BCUT2D eigenvalue weighted by atomic mass is 16.5. The van der Waals surface area contributed by atoms with Gasteiger partial charge in [0.1, 0.15) is 5.41 Å². The first-order chi connectivity index (χ1) is 9.63. The van der Waals surface area contributed by atoms with Gasteiger partial charge in [0.15, 0.2) is 0 Å². The molecule has 1 saturated heterocycles. The Morgan fingerprint density at radius 3 is 2.65 bits per heavy atom. The number of amides is 1. The van der Waals surface area contributed by atoms with Crippen molar-refractivity contribution in [2.75, 3.05) is 25.2 Å². The first kappa shape index (κ1) is 14.0. The van der Waals surface area contributed by atoms with Crippen molar-refractivity contribution >= 4 is 11.6 Å². The Morgan fingerprint density at radius 2 is 2.05 bits per heavy atom. The summed E-state index contributed by atoms with van der Waals surface area (Å²) < 4.78 is 5.23. The third-order valence-corrected chi connectivity index (χ3v) is 3.64. The van der Waals surface area contributed by atoms with Crippen molar-refractivity contribution in [1.82, 2.24) is 0 Å². The maximum absolute atomic E-state index is 12.6. The van der Waals surface area contributed by atoms with Crippen LogP contribution in [0.3, 0.4) is 0 Å². The molecule has 1 aromatic rings. The van der Waals surface area contributed by atoms with Gasteiger partial charge < -0.3 is 9.64 Å². The van der Waals surface area contributed by atoms with Gasteiger partial charge in [-0.05, 0) is 31.0 Å². The zero-order valence-corrected chi connectivity index (χ0v) is 11.3. The lowest BCUT2D eigenvalue weighted by Gasteiger charge is -2.33. The molecular weight excluding hydrogens is 254 g/mol. The Bertz CT molecular complexity index is 592. The average Bonchev–Trinajstić information content (AvgIpc) is 2.54. The summed E-state index contributed by atoms with van der Waals surface area (Å²) in [6, 6.07) is 11.0. The summed E-state index contributed by atoms with van der Waals surface area (Å²) in [5, 5.41) is 18.3. The molecule has 0 aromatic heterocycles. The van der Waals surface area contributed by atoms with E-state index in [1.165, 1.54) is 4.90 Å². The molecule has 1 heterocycles. The maximum Gasteiger partial charge on any atom is 0.247 e. The van der Waals surface area contributed by atoms with Crippen LogP contribution >= 0.6 is 0 Å². The van der Waals surface area contributed by atoms with Crippen molar-refractivity contribution in [2.24, 2.45) is 5.41 Å². The second-order valence-corrected chi connectivity index (χ2v) is 4.83. The van der Waals surface area contributed by atoms with Crippen LogP contribution in [0.25, 0.3) is 0 Å². The average molecular weight is 269 g/mol. The third kappa shape index (κ3) is 2.49. The number of benzene rings is 1. The summed E-state index contributed by atoms with van der Waals surface area (Å²) in [6.45, 7) is 0.844. The zero-order chi connectivity index (χ0) is 14.6. The van der Waals surface area contributed by atoms with Crippen LogP contribution in [-0.2, 0) is 9.53 Å². The minimum atomic E-state index is -1.02. The molecule has 1 aliphatic rings. The van der Waals surface area contributed by atoms with Gasteiger partial charge in [-0.1, -0.05) is 6.07 Å². The number of hydrogen-bond donors (Lipinski definition) is 0. The van der Waals surface area contributed by atoms with Crippen molar-refractivity contribution in [2.45, 2.75) is 12.8 Å². The second kappa shape index (κ2) is 5.73. The highest BCUT2D eigenvalue weighted by Crippen LogP contribution is 2.33. The predicted octanol–water partition coefficient (Wildman–Crippen LogP) is 1.84. The van der Waals surface area contributed by atoms with Crippen molar-refractivity contribution in [1.29, 1.82) is 10.5 Å². The van der Waals surface area contributed by atoms with Gasteiger partial charge in [0.05, 0.1) is 17.7 Å². The van der Waals surface area contributed by atoms with Crippen LogP contribution in [0, 0.1) is 28.1 Å². The first-order valence-electron chi connectivity index (χ1n) is 6.40. The Morgan fingerprint density at radius 1 is 1.35 bits per heavy atom.